The number of thiazole rings is 1. The highest BCUT2D eigenvalue weighted by molar-refractivity contribution is 7.07. The molecule has 0 unspecified atom stereocenters. The number of nitrogens with two attached hydrogens (primary N) is 1. The maximum Gasteiger partial charge on any atom is 0.0794 e. The maximum atomic E-state index is 5.55. The molecule has 1 aromatic heterocycles. The molecule has 0 aliphatic rings. The smallest absolute Gasteiger partial charge is 0.0794 e. The maximum absolute atomic E-state index is 5.55. The highest BCUT2D eigenvalue weighted by atomic mass is 32.1. The van der Waals surface area contributed by atoms with Crippen molar-refractivity contribution in [3.63, 3.8) is 0 Å². The monoisotopic (exact) mass is 232 g/mol. The van der Waals surface area contributed by atoms with Crippen molar-refractivity contribution in [2.75, 3.05) is 6.54 Å². The fraction of sp³-hybridized carbons (Fsp3) is 0.308. The van der Waals surface area contributed by atoms with Gasteiger partial charge in [-0.05, 0) is 36.9 Å². The summed E-state index contributed by atoms with van der Waals surface area (Å²) in [6.45, 7) is 0.718. The Bertz CT molecular complexity index is 423. The van der Waals surface area contributed by atoms with Crippen molar-refractivity contribution in [2.24, 2.45) is 5.73 Å². The first-order valence-corrected chi connectivity index (χ1v) is 6.47. The van der Waals surface area contributed by atoms with Crippen LogP contribution in [0.4, 0.5) is 0 Å². The molecule has 2 aromatic rings. The summed E-state index contributed by atoms with van der Waals surface area (Å²) in [7, 11) is 0. The fourth-order valence-electron chi connectivity index (χ4n) is 1.74. The van der Waals surface area contributed by atoms with Crippen LogP contribution < -0.4 is 5.73 Å². The number of hydrogen-bond acceptors (Lipinski definition) is 3. The van der Waals surface area contributed by atoms with Crippen LogP contribution in [0, 0.1) is 0 Å². The molecule has 1 aromatic carbocycles. The lowest BCUT2D eigenvalue weighted by Gasteiger charge is -2.03. The van der Waals surface area contributed by atoms with E-state index in [0.717, 1.165) is 25.8 Å². The van der Waals surface area contributed by atoms with E-state index in [-0.39, 0.29) is 0 Å². The molecule has 0 saturated carbocycles. The zero-order valence-electron chi connectivity index (χ0n) is 9.23. The molecule has 0 spiro atoms. The first kappa shape index (κ1) is 11.3. The minimum atomic E-state index is 0.718. The number of nitrogens with zero attached hydrogens (tertiary/aromatic N) is 1. The van der Waals surface area contributed by atoms with Crippen molar-refractivity contribution in [1.29, 1.82) is 0 Å². The molecule has 3 heteroatoms. The van der Waals surface area contributed by atoms with Gasteiger partial charge in [-0.3, -0.25) is 0 Å². The van der Waals surface area contributed by atoms with Gasteiger partial charge in [0.1, 0.15) is 0 Å². The lowest BCUT2D eigenvalue weighted by molar-refractivity contribution is 0.913. The van der Waals surface area contributed by atoms with Crippen molar-refractivity contribution in [3.8, 4) is 0 Å². The quantitative estimate of drug-likeness (QED) is 0.860. The van der Waals surface area contributed by atoms with E-state index >= 15 is 0 Å². The Kier molecular flexibility index (Phi) is 4.08. The van der Waals surface area contributed by atoms with Gasteiger partial charge in [-0.25, -0.2) is 4.98 Å². The summed E-state index contributed by atoms with van der Waals surface area (Å²) in [6.07, 6.45) is 3.04. The van der Waals surface area contributed by atoms with Gasteiger partial charge in [-0.2, -0.15) is 0 Å². The van der Waals surface area contributed by atoms with E-state index in [9.17, 15) is 0 Å². The Morgan fingerprint density at radius 1 is 1.12 bits per heavy atom. The normalized spacial score (nSPS) is 10.6. The van der Waals surface area contributed by atoms with Crippen LogP contribution in [0.2, 0.25) is 0 Å². The van der Waals surface area contributed by atoms with Gasteiger partial charge in [-0.1, -0.05) is 24.3 Å². The average molecular weight is 232 g/mol. The number of hydrogen-bond donors (Lipinski definition) is 1. The van der Waals surface area contributed by atoms with Gasteiger partial charge in [0, 0.05) is 5.38 Å². The van der Waals surface area contributed by atoms with Gasteiger partial charge in [0.25, 0.3) is 0 Å². The Balaban J connectivity index is 1.96. The summed E-state index contributed by atoms with van der Waals surface area (Å²) in [4.78, 5) is 4.29. The Hall–Kier alpha value is -1.19. The van der Waals surface area contributed by atoms with Gasteiger partial charge < -0.3 is 5.73 Å². The topological polar surface area (TPSA) is 38.9 Å². The lowest BCUT2D eigenvalue weighted by atomic mass is 10.0. The number of aromatic nitrogens is 1. The predicted molar refractivity (Wildman–Crippen MR) is 68.7 cm³/mol. The van der Waals surface area contributed by atoms with Crippen molar-refractivity contribution in [1.82, 2.24) is 4.98 Å². The molecule has 2 rings (SSSR count). The molecule has 1 heterocycles. The van der Waals surface area contributed by atoms with Crippen LogP contribution >= 0.6 is 11.3 Å². The molecule has 0 atom stereocenters. The first-order chi connectivity index (χ1) is 7.88. The summed E-state index contributed by atoms with van der Waals surface area (Å²) >= 11 is 1.66. The second-order valence-electron chi connectivity index (χ2n) is 3.84. The summed E-state index contributed by atoms with van der Waals surface area (Å²) in [6, 6.07) is 8.67. The van der Waals surface area contributed by atoms with Crippen LogP contribution in [0.25, 0.3) is 0 Å². The zero-order chi connectivity index (χ0) is 11.2. The summed E-state index contributed by atoms with van der Waals surface area (Å²) < 4.78 is 0. The molecule has 0 aliphatic carbocycles. The van der Waals surface area contributed by atoms with Gasteiger partial charge in [0.15, 0.2) is 0 Å². The summed E-state index contributed by atoms with van der Waals surface area (Å²) in [5.74, 6) is 0. The molecule has 0 fully saturated rings. The molecular weight excluding hydrogens is 216 g/mol. The SMILES string of the molecule is NCCc1cccc(CCc2cscn2)c1. The molecule has 84 valence electrons. The number of benzene rings is 1. The van der Waals surface area contributed by atoms with Crippen LogP contribution in [-0.2, 0) is 19.3 Å². The van der Waals surface area contributed by atoms with E-state index in [1.54, 1.807) is 11.3 Å². The van der Waals surface area contributed by atoms with E-state index in [1.807, 2.05) is 5.51 Å². The van der Waals surface area contributed by atoms with E-state index in [2.05, 4.69) is 34.6 Å². The van der Waals surface area contributed by atoms with E-state index in [4.69, 9.17) is 5.73 Å². The van der Waals surface area contributed by atoms with Gasteiger partial charge in [-0.15, -0.1) is 11.3 Å². The highest BCUT2D eigenvalue weighted by Crippen LogP contribution is 2.10. The fourth-order valence-corrected chi connectivity index (χ4v) is 2.33. The third kappa shape index (κ3) is 3.15. The molecule has 0 radical (unpaired) electrons. The van der Waals surface area contributed by atoms with Crippen molar-refractivity contribution < 1.29 is 0 Å². The second-order valence-corrected chi connectivity index (χ2v) is 4.56. The Morgan fingerprint density at radius 3 is 2.62 bits per heavy atom. The lowest BCUT2D eigenvalue weighted by Crippen LogP contribution is -2.03. The van der Waals surface area contributed by atoms with Crippen LogP contribution in [0.3, 0.4) is 0 Å². The molecule has 0 saturated heterocycles. The van der Waals surface area contributed by atoms with Gasteiger partial charge >= 0.3 is 0 Å². The highest BCUT2D eigenvalue weighted by Gasteiger charge is 1.98. The van der Waals surface area contributed by atoms with E-state index in [0.29, 0.717) is 0 Å². The molecule has 2 N–H and O–H groups in total. The minimum Gasteiger partial charge on any atom is -0.330 e. The predicted octanol–water partition coefficient (Wildman–Crippen LogP) is 2.43. The van der Waals surface area contributed by atoms with Crippen molar-refractivity contribution in [3.05, 3.63) is 52.0 Å². The zero-order valence-corrected chi connectivity index (χ0v) is 10.0. The molecule has 0 bridgehead atoms. The van der Waals surface area contributed by atoms with Crippen molar-refractivity contribution >= 4 is 11.3 Å². The number of rotatable bonds is 5. The summed E-state index contributed by atoms with van der Waals surface area (Å²) in [5.41, 5.74) is 11.3. The molecule has 16 heavy (non-hydrogen) atoms. The average Bonchev–Trinajstić information content (AvgIpc) is 2.80. The van der Waals surface area contributed by atoms with Crippen molar-refractivity contribution in [2.45, 2.75) is 19.3 Å². The molecule has 2 nitrogen and oxygen atoms in total. The molecule has 0 amide bonds. The van der Waals surface area contributed by atoms with Crippen LogP contribution in [-0.4, -0.2) is 11.5 Å². The third-order valence-electron chi connectivity index (χ3n) is 2.58. The minimum absolute atomic E-state index is 0.718. The number of aryl methyl sites for hydroxylation is 2. The van der Waals surface area contributed by atoms with E-state index < -0.39 is 0 Å². The Labute approximate surface area is 100 Å². The summed E-state index contributed by atoms with van der Waals surface area (Å²) in [5, 5.41) is 2.11. The van der Waals surface area contributed by atoms with Crippen LogP contribution in [0.5, 0.6) is 0 Å². The standard InChI is InChI=1S/C13H16N2S/c14-7-6-12-3-1-2-11(8-12)4-5-13-9-16-10-15-13/h1-3,8-10H,4-7,14H2. The van der Waals surface area contributed by atoms with Gasteiger partial charge in [0.2, 0.25) is 0 Å². The molecule has 0 aliphatic heterocycles. The first-order valence-electron chi connectivity index (χ1n) is 5.53. The third-order valence-corrected chi connectivity index (χ3v) is 3.21. The van der Waals surface area contributed by atoms with Crippen LogP contribution in [0.15, 0.2) is 35.2 Å². The second kappa shape index (κ2) is 5.77. The van der Waals surface area contributed by atoms with E-state index in [1.165, 1.54) is 16.8 Å². The van der Waals surface area contributed by atoms with Crippen LogP contribution in [0.1, 0.15) is 16.8 Å². The Morgan fingerprint density at radius 2 is 1.94 bits per heavy atom. The molecular formula is C13H16N2S. The van der Waals surface area contributed by atoms with Gasteiger partial charge in [0.05, 0.1) is 11.2 Å². The largest absolute Gasteiger partial charge is 0.330 e.